The zero-order valence-corrected chi connectivity index (χ0v) is 18.0. The van der Waals surface area contributed by atoms with E-state index in [1.165, 1.54) is 12.3 Å². The second-order valence-corrected chi connectivity index (χ2v) is 9.31. The van der Waals surface area contributed by atoms with Crippen molar-refractivity contribution in [2.45, 2.75) is 38.1 Å². The highest BCUT2D eigenvalue weighted by Gasteiger charge is 2.44. The van der Waals surface area contributed by atoms with Crippen LogP contribution in [0.3, 0.4) is 0 Å². The lowest BCUT2D eigenvalue weighted by atomic mass is 9.86. The Balaban J connectivity index is 1.40. The van der Waals surface area contributed by atoms with Gasteiger partial charge in [0.1, 0.15) is 0 Å². The van der Waals surface area contributed by atoms with Crippen molar-refractivity contribution in [2.75, 3.05) is 44.2 Å². The number of carbonyl (C=O) groups is 1. The monoisotopic (exact) mass is 448 g/mol. The first-order valence-electron chi connectivity index (χ1n) is 11.1. The number of halogens is 3. The Morgan fingerprint density at radius 2 is 2.09 bits per heavy atom. The van der Waals surface area contributed by atoms with Gasteiger partial charge in [-0.2, -0.15) is 13.2 Å². The van der Waals surface area contributed by atoms with Crippen LogP contribution in [0.25, 0.3) is 10.9 Å². The van der Waals surface area contributed by atoms with Crippen LogP contribution in [0.5, 0.6) is 0 Å². The summed E-state index contributed by atoms with van der Waals surface area (Å²) in [6, 6.07) is 5.86. The van der Waals surface area contributed by atoms with Gasteiger partial charge in [-0.05, 0) is 50.6 Å². The van der Waals surface area contributed by atoms with E-state index in [1.54, 1.807) is 12.1 Å². The number of pyridine rings is 1. The summed E-state index contributed by atoms with van der Waals surface area (Å²) in [5.41, 5.74) is -0.00900. The fourth-order valence-corrected chi connectivity index (χ4v) is 5.42. The summed E-state index contributed by atoms with van der Waals surface area (Å²) >= 11 is 0. The molecule has 3 atom stereocenters. The fourth-order valence-electron chi connectivity index (χ4n) is 5.42. The molecule has 3 saturated heterocycles. The number of rotatable bonds is 2. The first kappa shape index (κ1) is 21.5. The van der Waals surface area contributed by atoms with Crippen molar-refractivity contribution < 1.29 is 22.7 Å². The third-order valence-electron chi connectivity index (χ3n) is 7.01. The molecule has 3 aliphatic heterocycles. The molecule has 1 spiro atoms. The minimum Gasteiger partial charge on any atom is -0.365 e. The van der Waals surface area contributed by atoms with Crippen LogP contribution in [-0.2, 0) is 15.7 Å². The lowest BCUT2D eigenvalue weighted by molar-refractivity contribution is -0.147. The van der Waals surface area contributed by atoms with Gasteiger partial charge in [0.25, 0.3) is 5.91 Å². The van der Waals surface area contributed by atoms with Crippen LogP contribution < -0.4 is 10.2 Å². The molecule has 0 saturated carbocycles. The number of carbonyl (C=O) groups excluding carboxylic acids is 1. The van der Waals surface area contributed by atoms with Gasteiger partial charge in [-0.25, -0.2) is 0 Å². The predicted octanol–water partition coefficient (Wildman–Crippen LogP) is 3.06. The molecule has 2 aromatic rings. The average Bonchev–Trinajstić information content (AvgIpc) is 3.41. The standard InChI is InChI=1S/C23H27F3N4O2/c1-15-11-30(18-5-4-17(23(24,25)26)20-16(18)3-2-8-28-20)12-19(32-15)21(31)29-10-7-22(14-29)6-9-27-13-22/h2-5,8,15,19,27H,6-7,9-14H2,1H3/t15-,19-,22?/m1/s1. The number of ether oxygens (including phenoxy) is 1. The molecular weight excluding hydrogens is 421 g/mol. The number of hydrogen-bond acceptors (Lipinski definition) is 5. The van der Waals surface area contributed by atoms with Gasteiger partial charge in [0, 0.05) is 48.9 Å². The van der Waals surface area contributed by atoms with Gasteiger partial charge in [-0.1, -0.05) is 0 Å². The second kappa shape index (κ2) is 7.88. The summed E-state index contributed by atoms with van der Waals surface area (Å²) in [4.78, 5) is 21.2. The van der Waals surface area contributed by atoms with Crippen LogP contribution in [0.2, 0.25) is 0 Å². The number of morpholine rings is 1. The first-order chi connectivity index (χ1) is 15.3. The van der Waals surface area contributed by atoms with Crippen LogP contribution >= 0.6 is 0 Å². The molecule has 0 aliphatic carbocycles. The fraction of sp³-hybridized carbons (Fsp3) is 0.565. The van der Waals surface area contributed by atoms with Gasteiger partial charge in [0.2, 0.25) is 0 Å². The molecule has 6 nitrogen and oxygen atoms in total. The maximum Gasteiger partial charge on any atom is 0.418 e. The molecule has 1 amide bonds. The van der Waals surface area contributed by atoms with Crippen molar-refractivity contribution in [1.82, 2.24) is 15.2 Å². The predicted molar refractivity (Wildman–Crippen MR) is 114 cm³/mol. The van der Waals surface area contributed by atoms with E-state index < -0.39 is 17.8 Å². The number of alkyl halides is 3. The van der Waals surface area contributed by atoms with Crippen LogP contribution in [0.1, 0.15) is 25.3 Å². The molecule has 3 fully saturated rings. The summed E-state index contributed by atoms with van der Waals surface area (Å²) in [6.07, 6.45) is -1.91. The molecule has 172 valence electrons. The van der Waals surface area contributed by atoms with Gasteiger partial charge in [-0.15, -0.1) is 0 Å². The third-order valence-corrected chi connectivity index (χ3v) is 7.01. The summed E-state index contributed by atoms with van der Waals surface area (Å²) < 4.78 is 46.5. The molecule has 0 bridgehead atoms. The molecule has 1 aromatic heterocycles. The van der Waals surface area contributed by atoms with Gasteiger partial charge in [0.05, 0.1) is 23.7 Å². The van der Waals surface area contributed by atoms with E-state index >= 15 is 0 Å². The molecule has 0 radical (unpaired) electrons. The smallest absolute Gasteiger partial charge is 0.365 e. The van der Waals surface area contributed by atoms with Gasteiger partial charge < -0.3 is 19.9 Å². The molecule has 1 aromatic carbocycles. The van der Waals surface area contributed by atoms with Gasteiger partial charge in [0.15, 0.2) is 6.10 Å². The maximum atomic E-state index is 13.5. The van der Waals surface area contributed by atoms with Gasteiger partial charge in [-0.3, -0.25) is 9.78 Å². The molecule has 3 aliphatic rings. The van der Waals surface area contributed by atoms with Gasteiger partial charge >= 0.3 is 6.18 Å². The van der Waals surface area contributed by atoms with E-state index in [9.17, 15) is 18.0 Å². The minimum atomic E-state index is -4.48. The van der Waals surface area contributed by atoms with Crippen LogP contribution in [-0.4, -0.2) is 67.3 Å². The normalized spacial score (nSPS) is 28.8. The Hall–Kier alpha value is -2.39. The molecular formula is C23H27F3N4O2. The highest BCUT2D eigenvalue weighted by atomic mass is 19.4. The Bertz CT molecular complexity index is 1020. The molecule has 5 rings (SSSR count). The number of nitrogens with one attached hydrogen (secondary N) is 1. The lowest BCUT2D eigenvalue weighted by Crippen LogP contribution is -2.53. The minimum absolute atomic E-state index is 0.0281. The van der Waals surface area contributed by atoms with E-state index in [2.05, 4.69) is 10.3 Å². The number of fused-ring (bicyclic) bond motifs is 1. The van der Waals surface area contributed by atoms with Crippen molar-refractivity contribution in [3.05, 3.63) is 36.0 Å². The second-order valence-electron chi connectivity index (χ2n) is 9.31. The zero-order chi connectivity index (χ0) is 22.5. The molecule has 1 N–H and O–H groups in total. The Labute approximate surface area is 184 Å². The van der Waals surface area contributed by atoms with Crippen molar-refractivity contribution in [3.63, 3.8) is 0 Å². The highest BCUT2D eigenvalue weighted by Crippen LogP contribution is 2.39. The Morgan fingerprint density at radius 3 is 2.84 bits per heavy atom. The van der Waals surface area contributed by atoms with E-state index in [0.29, 0.717) is 24.2 Å². The van der Waals surface area contributed by atoms with Crippen LogP contribution in [0.4, 0.5) is 18.9 Å². The number of anilines is 1. The Kier molecular flexibility index (Phi) is 5.28. The van der Waals surface area contributed by atoms with Crippen molar-refractivity contribution >= 4 is 22.5 Å². The Morgan fingerprint density at radius 1 is 1.25 bits per heavy atom. The third kappa shape index (κ3) is 3.81. The van der Waals surface area contributed by atoms with E-state index in [-0.39, 0.29) is 22.9 Å². The first-order valence-corrected chi connectivity index (χ1v) is 11.1. The summed E-state index contributed by atoms with van der Waals surface area (Å²) in [5, 5.41) is 3.83. The molecule has 32 heavy (non-hydrogen) atoms. The summed E-state index contributed by atoms with van der Waals surface area (Å²) in [7, 11) is 0. The molecule has 1 unspecified atom stereocenters. The largest absolute Gasteiger partial charge is 0.418 e. The summed E-state index contributed by atoms with van der Waals surface area (Å²) in [6.45, 7) is 6.08. The molecule has 4 heterocycles. The van der Waals surface area contributed by atoms with Crippen LogP contribution in [0, 0.1) is 5.41 Å². The van der Waals surface area contributed by atoms with Crippen molar-refractivity contribution in [1.29, 1.82) is 0 Å². The number of amides is 1. The quantitative estimate of drug-likeness (QED) is 0.766. The maximum absolute atomic E-state index is 13.5. The van der Waals surface area contributed by atoms with E-state index in [0.717, 1.165) is 45.1 Å². The lowest BCUT2D eigenvalue weighted by Gasteiger charge is -2.39. The van der Waals surface area contributed by atoms with Crippen LogP contribution in [0.15, 0.2) is 30.5 Å². The van der Waals surface area contributed by atoms with E-state index in [4.69, 9.17) is 4.74 Å². The zero-order valence-electron chi connectivity index (χ0n) is 18.0. The van der Waals surface area contributed by atoms with E-state index in [1.807, 2.05) is 16.7 Å². The number of likely N-dealkylation sites (tertiary alicyclic amines) is 1. The number of benzene rings is 1. The summed E-state index contributed by atoms with van der Waals surface area (Å²) in [5.74, 6) is -0.0281. The highest BCUT2D eigenvalue weighted by molar-refractivity contribution is 5.94. The molecule has 9 heteroatoms. The average molecular weight is 448 g/mol. The number of nitrogens with zero attached hydrogens (tertiary/aromatic N) is 3. The topological polar surface area (TPSA) is 57.7 Å². The van der Waals surface area contributed by atoms with Crippen molar-refractivity contribution in [3.8, 4) is 0 Å². The number of hydrogen-bond donors (Lipinski definition) is 1. The number of aromatic nitrogens is 1. The van der Waals surface area contributed by atoms with Crippen molar-refractivity contribution in [2.24, 2.45) is 5.41 Å². The SMILES string of the molecule is C[C@@H]1CN(c2ccc(C(F)(F)F)c3ncccc23)C[C@H](C(=O)N2CCC3(CCNC3)C2)O1.